The second-order valence-electron chi connectivity index (χ2n) is 4.15. The molecule has 0 aromatic carbocycles. The summed E-state index contributed by atoms with van der Waals surface area (Å²) in [6.07, 6.45) is 0. The molecule has 0 fully saturated rings. The van der Waals surface area contributed by atoms with Crippen LogP contribution >= 0.6 is 54.5 Å². The number of hydrogen-bond donors (Lipinski definition) is 2. The summed E-state index contributed by atoms with van der Waals surface area (Å²) in [5, 5.41) is 5.11. The third kappa shape index (κ3) is 4.60. The molecule has 9 heteroatoms. The number of rotatable bonds is 7. The van der Waals surface area contributed by atoms with Gasteiger partial charge in [0.05, 0.1) is 3.79 Å². The first-order chi connectivity index (χ1) is 9.94. The molecule has 21 heavy (non-hydrogen) atoms. The molecule has 0 aliphatic rings. The number of hydrogen-bond acceptors (Lipinski definition) is 5. The van der Waals surface area contributed by atoms with Crippen molar-refractivity contribution in [1.82, 2.24) is 10.0 Å². The number of sulfonamides is 1. The number of nitrogens with one attached hydrogen (secondary N) is 2. The average molecular weight is 474 g/mol. The highest BCUT2D eigenvalue weighted by atomic mass is 79.9. The number of halogens is 2. The molecule has 0 aliphatic heterocycles. The maximum absolute atomic E-state index is 12.4. The minimum absolute atomic E-state index is 0.283. The van der Waals surface area contributed by atoms with Gasteiger partial charge in [-0.3, -0.25) is 0 Å². The second-order valence-corrected chi connectivity index (χ2v) is 10.2. The summed E-state index contributed by atoms with van der Waals surface area (Å²) >= 11 is 9.69. The van der Waals surface area contributed by atoms with Gasteiger partial charge in [0.2, 0.25) is 10.0 Å². The van der Waals surface area contributed by atoms with Crippen molar-refractivity contribution in [2.24, 2.45) is 0 Å². The zero-order valence-electron chi connectivity index (χ0n) is 11.2. The molecule has 0 saturated heterocycles. The van der Waals surface area contributed by atoms with E-state index in [1.165, 1.54) is 22.7 Å². The van der Waals surface area contributed by atoms with Crippen molar-refractivity contribution in [2.45, 2.75) is 24.9 Å². The minimum Gasteiger partial charge on any atom is -0.312 e. The van der Waals surface area contributed by atoms with Crippen molar-refractivity contribution in [3.8, 4) is 0 Å². The molecular weight excluding hydrogens is 460 g/mol. The van der Waals surface area contributed by atoms with E-state index in [1.807, 2.05) is 18.4 Å². The molecule has 2 aromatic heterocycles. The lowest BCUT2D eigenvalue weighted by Crippen LogP contribution is -2.22. The van der Waals surface area contributed by atoms with Crippen LogP contribution in [0.2, 0.25) is 0 Å². The average Bonchev–Trinajstić information content (AvgIpc) is 3.00. The highest BCUT2D eigenvalue weighted by Gasteiger charge is 2.21. The van der Waals surface area contributed by atoms with Crippen LogP contribution in [0.15, 0.2) is 30.7 Å². The molecule has 116 valence electrons. The van der Waals surface area contributed by atoms with Crippen molar-refractivity contribution >= 4 is 64.6 Å². The van der Waals surface area contributed by atoms with Gasteiger partial charge in [-0.25, -0.2) is 13.1 Å². The van der Waals surface area contributed by atoms with Crippen molar-refractivity contribution in [3.63, 3.8) is 0 Å². The Hall–Kier alpha value is 0.230. The van der Waals surface area contributed by atoms with Crippen LogP contribution < -0.4 is 10.0 Å². The van der Waals surface area contributed by atoms with E-state index in [0.717, 1.165) is 20.8 Å². The summed E-state index contributed by atoms with van der Waals surface area (Å²) in [7, 11) is -3.52. The van der Waals surface area contributed by atoms with Crippen LogP contribution in [0.25, 0.3) is 0 Å². The minimum atomic E-state index is -3.52. The van der Waals surface area contributed by atoms with Crippen LogP contribution in [0, 0.1) is 0 Å². The summed E-state index contributed by atoms with van der Waals surface area (Å²) in [5.41, 5.74) is 0. The summed E-state index contributed by atoms with van der Waals surface area (Å²) in [6.45, 7) is 3.82. The summed E-state index contributed by atoms with van der Waals surface area (Å²) in [6, 6.07) is 3.62. The van der Waals surface area contributed by atoms with Gasteiger partial charge in [0, 0.05) is 27.3 Å². The third-order valence-electron chi connectivity index (χ3n) is 2.66. The van der Waals surface area contributed by atoms with Gasteiger partial charge in [-0.1, -0.05) is 6.92 Å². The Morgan fingerprint density at radius 1 is 1.29 bits per heavy atom. The molecule has 0 saturated carbocycles. The van der Waals surface area contributed by atoms with Crippen LogP contribution in [0.3, 0.4) is 0 Å². The van der Waals surface area contributed by atoms with E-state index in [2.05, 4.69) is 41.9 Å². The van der Waals surface area contributed by atoms with E-state index in [0.29, 0.717) is 15.2 Å². The van der Waals surface area contributed by atoms with E-state index in [1.54, 1.807) is 6.07 Å². The quantitative estimate of drug-likeness (QED) is 0.640. The molecule has 4 nitrogen and oxygen atoms in total. The molecule has 0 atom stereocenters. The third-order valence-corrected chi connectivity index (χ3v) is 8.24. The van der Waals surface area contributed by atoms with Crippen LogP contribution in [0.4, 0.5) is 0 Å². The van der Waals surface area contributed by atoms with E-state index in [9.17, 15) is 8.42 Å². The van der Waals surface area contributed by atoms with Gasteiger partial charge in [0.1, 0.15) is 4.90 Å². The van der Waals surface area contributed by atoms with Crippen molar-refractivity contribution in [3.05, 3.63) is 35.5 Å². The Bertz CT molecular complexity index is 710. The summed E-state index contributed by atoms with van der Waals surface area (Å²) in [4.78, 5) is 2.24. The summed E-state index contributed by atoms with van der Waals surface area (Å²) < 4.78 is 29.0. The molecule has 2 heterocycles. The fourth-order valence-corrected chi connectivity index (χ4v) is 6.77. The molecule has 0 unspecified atom stereocenters. The van der Waals surface area contributed by atoms with Crippen molar-refractivity contribution in [2.75, 3.05) is 6.54 Å². The van der Waals surface area contributed by atoms with Gasteiger partial charge in [0.15, 0.2) is 0 Å². The zero-order valence-corrected chi connectivity index (χ0v) is 16.8. The van der Waals surface area contributed by atoms with Crippen molar-refractivity contribution < 1.29 is 8.42 Å². The van der Waals surface area contributed by atoms with Crippen LogP contribution in [-0.4, -0.2) is 15.0 Å². The maximum atomic E-state index is 12.4. The van der Waals surface area contributed by atoms with Crippen molar-refractivity contribution in [1.29, 1.82) is 0 Å². The number of thiophene rings is 2. The molecule has 2 N–H and O–H groups in total. The van der Waals surface area contributed by atoms with Crippen LogP contribution in [0.5, 0.6) is 0 Å². The molecule has 0 amide bonds. The van der Waals surface area contributed by atoms with Gasteiger partial charge in [-0.15, -0.1) is 22.7 Å². The Labute approximate surface area is 149 Å². The normalized spacial score (nSPS) is 12.0. The monoisotopic (exact) mass is 472 g/mol. The maximum Gasteiger partial charge on any atom is 0.242 e. The first-order valence-electron chi connectivity index (χ1n) is 6.14. The van der Waals surface area contributed by atoms with Gasteiger partial charge in [0.25, 0.3) is 0 Å². The molecule has 2 rings (SSSR count). The SMILES string of the molecule is CCNCc1cc(S(=O)(=O)NCc2sccc2Br)c(Br)s1. The predicted octanol–water partition coefficient (Wildman–Crippen LogP) is 3.92. The molecule has 0 radical (unpaired) electrons. The zero-order chi connectivity index (χ0) is 15.5. The Morgan fingerprint density at radius 2 is 2.05 bits per heavy atom. The molecule has 0 aliphatic carbocycles. The van der Waals surface area contributed by atoms with Crippen LogP contribution in [0.1, 0.15) is 16.7 Å². The van der Waals surface area contributed by atoms with Gasteiger partial charge >= 0.3 is 0 Å². The second kappa shape index (κ2) is 7.67. The first-order valence-corrected chi connectivity index (χ1v) is 10.9. The first kappa shape index (κ1) is 17.6. The fourth-order valence-electron chi connectivity index (χ4n) is 1.61. The largest absolute Gasteiger partial charge is 0.312 e. The van der Waals surface area contributed by atoms with E-state index < -0.39 is 10.0 Å². The Morgan fingerprint density at radius 3 is 2.67 bits per heavy atom. The van der Waals surface area contributed by atoms with Gasteiger partial charge < -0.3 is 5.32 Å². The fraction of sp³-hybridized carbons (Fsp3) is 0.333. The van der Waals surface area contributed by atoms with E-state index in [4.69, 9.17) is 0 Å². The van der Waals surface area contributed by atoms with E-state index >= 15 is 0 Å². The van der Waals surface area contributed by atoms with Gasteiger partial charge in [-0.2, -0.15) is 0 Å². The van der Waals surface area contributed by atoms with Crippen LogP contribution in [-0.2, 0) is 23.1 Å². The lowest BCUT2D eigenvalue weighted by molar-refractivity contribution is 0.581. The lowest BCUT2D eigenvalue weighted by Gasteiger charge is -2.05. The van der Waals surface area contributed by atoms with E-state index in [-0.39, 0.29) is 6.54 Å². The summed E-state index contributed by atoms with van der Waals surface area (Å²) in [5.74, 6) is 0. The molecule has 0 bridgehead atoms. The lowest BCUT2D eigenvalue weighted by atomic mass is 10.4. The Balaban J connectivity index is 2.12. The smallest absolute Gasteiger partial charge is 0.242 e. The Kier molecular flexibility index (Phi) is 6.42. The molecule has 0 spiro atoms. The molecular formula is C12H14Br2N2O2S3. The van der Waals surface area contributed by atoms with Gasteiger partial charge in [-0.05, 0) is 55.9 Å². The molecule has 2 aromatic rings. The standard InChI is InChI=1S/C12H14Br2N2O2S3/c1-2-15-6-8-5-11(12(14)20-8)21(17,18)16-7-10-9(13)3-4-19-10/h3-5,15-16H,2,6-7H2,1H3. The highest BCUT2D eigenvalue weighted by Crippen LogP contribution is 2.32. The topological polar surface area (TPSA) is 58.2 Å². The highest BCUT2D eigenvalue weighted by molar-refractivity contribution is 9.11. The predicted molar refractivity (Wildman–Crippen MR) is 95.4 cm³/mol.